The van der Waals surface area contributed by atoms with E-state index in [-0.39, 0.29) is 12.3 Å². The summed E-state index contributed by atoms with van der Waals surface area (Å²) in [4.78, 5) is 40.2. The Hall–Kier alpha value is -3.94. The van der Waals surface area contributed by atoms with Crippen molar-refractivity contribution in [1.29, 1.82) is 0 Å². The van der Waals surface area contributed by atoms with Gasteiger partial charge in [0.05, 0.1) is 37.5 Å². The number of hydrogen-bond donors (Lipinski definition) is 1. The van der Waals surface area contributed by atoms with Gasteiger partial charge in [-0.3, -0.25) is 4.79 Å². The number of esters is 2. The van der Waals surface area contributed by atoms with Gasteiger partial charge in [-0.1, -0.05) is 42.5 Å². The number of nitrogens with zero attached hydrogens (tertiary/aromatic N) is 2. The first kappa shape index (κ1) is 22.7. The smallest absolute Gasteiger partial charge is 0.337 e. The third kappa shape index (κ3) is 5.40. The maximum absolute atomic E-state index is 12.2. The lowest BCUT2D eigenvalue weighted by atomic mass is 10.0. The summed E-state index contributed by atoms with van der Waals surface area (Å²) >= 11 is 0. The molecule has 0 saturated carbocycles. The summed E-state index contributed by atoms with van der Waals surface area (Å²) in [6.45, 7) is 1.90. The summed E-state index contributed by atoms with van der Waals surface area (Å²) in [5.41, 5.74) is 3.72. The third-order valence-corrected chi connectivity index (χ3v) is 4.95. The molecule has 1 aromatic heterocycles. The molecule has 1 N–H and O–H groups in total. The molecule has 8 heteroatoms. The molecule has 0 aliphatic rings. The molecule has 0 saturated heterocycles. The SMILES string of the molecule is COC(=O)c1ccc(-c2c(C[C@H](NC(C)=O)C(=O)OC)ncn2Cc2ccccc2)cc1. The van der Waals surface area contributed by atoms with Crippen LogP contribution in [0.15, 0.2) is 60.9 Å². The van der Waals surface area contributed by atoms with Crippen LogP contribution >= 0.6 is 0 Å². The Balaban J connectivity index is 2.02. The minimum absolute atomic E-state index is 0.155. The van der Waals surface area contributed by atoms with E-state index in [1.54, 1.807) is 30.6 Å². The lowest BCUT2D eigenvalue weighted by molar-refractivity contribution is -0.144. The fourth-order valence-corrected chi connectivity index (χ4v) is 3.46. The van der Waals surface area contributed by atoms with E-state index in [9.17, 15) is 14.4 Å². The molecule has 166 valence electrons. The quantitative estimate of drug-likeness (QED) is 0.546. The zero-order chi connectivity index (χ0) is 23.1. The molecule has 8 nitrogen and oxygen atoms in total. The zero-order valence-electron chi connectivity index (χ0n) is 18.2. The van der Waals surface area contributed by atoms with Gasteiger partial charge < -0.3 is 19.4 Å². The number of amides is 1. The number of carbonyl (C=O) groups excluding carboxylic acids is 3. The van der Waals surface area contributed by atoms with Gasteiger partial charge in [-0.05, 0) is 17.7 Å². The van der Waals surface area contributed by atoms with Crippen molar-refractivity contribution in [3.8, 4) is 11.3 Å². The maximum atomic E-state index is 12.2. The lowest BCUT2D eigenvalue weighted by Crippen LogP contribution is -2.42. The van der Waals surface area contributed by atoms with Crippen LogP contribution in [-0.2, 0) is 32.0 Å². The Morgan fingerprint density at radius 1 is 1.00 bits per heavy atom. The van der Waals surface area contributed by atoms with Crippen molar-refractivity contribution < 1.29 is 23.9 Å². The Bertz CT molecular complexity index is 1090. The van der Waals surface area contributed by atoms with Crippen LogP contribution in [0.3, 0.4) is 0 Å². The molecule has 3 rings (SSSR count). The predicted molar refractivity (Wildman–Crippen MR) is 118 cm³/mol. The summed E-state index contributed by atoms with van der Waals surface area (Å²) in [5, 5.41) is 2.62. The summed E-state index contributed by atoms with van der Waals surface area (Å²) in [7, 11) is 2.61. The number of hydrogen-bond acceptors (Lipinski definition) is 6. The monoisotopic (exact) mass is 435 g/mol. The Labute approximate surface area is 186 Å². The number of benzene rings is 2. The second-order valence-corrected chi connectivity index (χ2v) is 7.20. The van der Waals surface area contributed by atoms with Crippen molar-refractivity contribution in [2.24, 2.45) is 0 Å². The normalized spacial score (nSPS) is 11.5. The minimum atomic E-state index is -0.870. The van der Waals surface area contributed by atoms with Gasteiger partial charge in [-0.25, -0.2) is 14.6 Å². The van der Waals surface area contributed by atoms with Crippen LogP contribution in [0.2, 0.25) is 0 Å². The van der Waals surface area contributed by atoms with E-state index in [0.717, 1.165) is 16.8 Å². The first-order valence-electron chi connectivity index (χ1n) is 10.0. The molecule has 3 aromatic rings. The number of imidazole rings is 1. The molecule has 0 aliphatic heterocycles. The van der Waals surface area contributed by atoms with Crippen molar-refractivity contribution in [3.05, 3.63) is 77.7 Å². The molecule has 2 aromatic carbocycles. The van der Waals surface area contributed by atoms with Gasteiger partial charge in [-0.15, -0.1) is 0 Å². The number of methoxy groups -OCH3 is 2. The fourth-order valence-electron chi connectivity index (χ4n) is 3.46. The Morgan fingerprint density at radius 2 is 1.69 bits per heavy atom. The van der Waals surface area contributed by atoms with Crippen molar-refractivity contribution in [2.75, 3.05) is 14.2 Å². The molecule has 0 fully saturated rings. The predicted octanol–water partition coefficient (Wildman–Crippen LogP) is 2.61. The number of rotatable bonds is 8. The molecule has 0 aliphatic carbocycles. The van der Waals surface area contributed by atoms with E-state index < -0.39 is 18.0 Å². The van der Waals surface area contributed by atoms with Gasteiger partial charge in [0.1, 0.15) is 6.04 Å². The van der Waals surface area contributed by atoms with Gasteiger partial charge in [-0.2, -0.15) is 0 Å². The highest BCUT2D eigenvalue weighted by molar-refractivity contribution is 5.90. The van der Waals surface area contributed by atoms with Gasteiger partial charge in [0.15, 0.2) is 0 Å². The van der Waals surface area contributed by atoms with Gasteiger partial charge >= 0.3 is 11.9 Å². The fraction of sp³-hybridized carbons (Fsp3) is 0.250. The summed E-state index contributed by atoms with van der Waals surface area (Å²) in [6.07, 6.45) is 1.86. The van der Waals surface area contributed by atoms with E-state index in [0.29, 0.717) is 17.8 Å². The summed E-state index contributed by atoms with van der Waals surface area (Å²) in [5.74, 6) is -1.32. The number of carbonyl (C=O) groups is 3. The molecular weight excluding hydrogens is 410 g/mol. The summed E-state index contributed by atoms with van der Waals surface area (Å²) in [6, 6.07) is 16.0. The Morgan fingerprint density at radius 3 is 2.28 bits per heavy atom. The highest BCUT2D eigenvalue weighted by Crippen LogP contribution is 2.26. The topological polar surface area (TPSA) is 99.5 Å². The standard InChI is InChI=1S/C24H25N3O5/c1-16(28)26-21(24(30)32-3)13-20-22(18-9-11-19(12-10-18)23(29)31-2)27(15-25-20)14-17-7-5-4-6-8-17/h4-12,15,21H,13-14H2,1-3H3,(H,26,28)/t21-/m0/s1. The minimum Gasteiger partial charge on any atom is -0.467 e. The van der Waals surface area contributed by atoms with E-state index in [2.05, 4.69) is 10.3 Å². The maximum Gasteiger partial charge on any atom is 0.337 e. The average molecular weight is 435 g/mol. The molecular formula is C24H25N3O5. The van der Waals surface area contributed by atoms with E-state index in [1.165, 1.54) is 21.1 Å². The molecule has 1 amide bonds. The van der Waals surface area contributed by atoms with Crippen LogP contribution < -0.4 is 5.32 Å². The zero-order valence-corrected chi connectivity index (χ0v) is 18.2. The number of ether oxygens (including phenoxy) is 2. The van der Waals surface area contributed by atoms with E-state index in [1.807, 2.05) is 34.9 Å². The average Bonchev–Trinajstić information content (AvgIpc) is 3.19. The van der Waals surface area contributed by atoms with Gasteiger partial charge in [0, 0.05) is 25.5 Å². The highest BCUT2D eigenvalue weighted by atomic mass is 16.5. The first-order valence-corrected chi connectivity index (χ1v) is 10.0. The molecule has 0 bridgehead atoms. The molecule has 32 heavy (non-hydrogen) atoms. The van der Waals surface area contributed by atoms with Gasteiger partial charge in [0.2, 0.25) is 5.91 Å². The summed E-state index contributed by atoms with van der Waals surface area (Å²) < 4.78 is 11.6. The Kier molecular flexibility index (Phi) is 7.38. The van der Waals surface area contributed by atoms with Crippen molar-refractivity contribution in [1.82, 2.24) is 14.9 Å². The van der Waals surface area contributed by atoms with Crippen LogP contribution in [-0.4, -0.2) is 47.7 Å². The van der Waals surface area contributed by atoms with E-state index >= 15 is 0 Å². The van der Waals surface area contributed by atoms with E-state index in [4.69, 9.17) is 9.47 Å². The number of aromatic nitrogens is 2. The van der Waals surface area contributed by atoms with Crippen molar-refractivity contribution in [3.63, 3.8) is 0 Å². The highest BCUT2D eigenvalue weighted by Gasteiger charge is 2.25. The van der Waals surface area contributed by atoms with Crippen LogP contribution in [0.4, 0.5) is 0 Å². The largest absolute Gasteiger partial charge is 0.467 e. The third-order valence-electron chi connectivity index (χ3n) is 4.95. The van der Waals surface area contributed by atoms with Crippen molar-refractivity contribution in [2.45, 2.75) is 25.9 Å². The lowest BCUT2D eigenvalue weighted by Gasteiger charge is -2.16. The molecule has 1 atom stereocenters. The van der Waals surface area contributed by atoms with Gasteiger partial charge in [0.25, 0.3) is 0 Å². The second-order valence-electron chi connectivity index (χ2n) is 7.20. The molecule has 1 heterocycles. The number of nitrogens with one attached hydrogen (secondary N) is 1. The first-order chi connectivity index (χ1) is 15.4. The second kappa shape index (κ2) is 10.4. The van der Waals surface area contributed by atoms with Crippen LogP contribution in [0, 0.1) is 0 Å². The van der Waals surface area contributed by atoms with Crippen molar-refractivity contribution >= 4 is 17.8 Å². The molecule has 0 spiro atoms. The van der Waals surface area contributed by atoms with Crippen LogP contribution in [0.25, 0.3) is 11.3 Å². The van der Waals surface area contributed by atoms with Crippen LogP contribution in [0.5, 0.6) is 0 Å². The van der Waals surface area contributed by atoms with Crippen LogP contribution in [0.1, 0.15) is 28.5 Å². The molecule has 0 radical (unpaired) electrons. The molecule has 0 unspecified atom stereocenters.